The third-order valence-corrected chi connectivity index (χ3v) is 7.47. The van der Waals surface area contributed by atoms with Crippen molar-refractivity contribution in [2.45, 2.75) is 30.4 Å². The van der Waals surface area contributed by atoms with Gasteiger partial charge in [-0.2, -0.15) is 0 Å². The lowest BCUT2D eigenvalue weighted by molar-refractivity contribution is -0.155. The van der Waals surface area contributed by atoms with Crippen LogP contribution in [0, 0.1) is 0 Å². The summed E-state index contributed by atoms with van der Waals surface area (Å²) in [4.78, 5) is 27.0. The molecule has 0 spiro atoms. The Balaban J connectivity index is 1.37. The number of benzene rings is 3. The van der Waals surface area contributed by atoms with E-state index in [4.69, 9.17) is 4.74 Å². The highest BCUT2D eigenvalue weighted by atomic mass is 32.2. The van der Waals surface area contributed by atoms with Crippen molar-refractivity contribution in [1.82, 2.24) is 4.90 Å². The number of rotatable bonds is 4. The molecule has 3 aromatic rings. The SMILES string of the molecule is O=C(OCc1cccc2ccccc12)[C@H]1CS[C@]2(c3ccccc3)CCC(=O)N12. The Kier molecular flexibility index (Phi) is 4.55. The van der Waals surface area contributed by atoms with Gasteiger partial charge in [0.05, 0.1) is 0 Å². The Hall–Kier alpha value is -2.79. The van der Waals surface area contributed by atoms with E-state index in [2.05, 4.69) is 0 Å². The Morgan fingerprint density at radius 3 is 2.66 bits per heavy atom. The van der Waals surface area contributed by atoms with Crippen molar-refractivity contribution in [2.24, 2.45) is 0 Å². The zero-order valence-corrected chi connectivity index (χ0v) is 16.7. The number of amides is 1. The summed E-state index contributed by atoms with van der Waals surface area (Å²) in [6.45, 7) is 0.210. The average molecular weight is 404 g/mol. The summed E-state index contributed by atoms with van der Waals surface area (Å²) in [6, 6.07) is 23.6. The van der Waals surface area contributed by atoms with Gasteiger partial charge in [-0.25, -0.2) is 4.79 Å². The number of hydrogen-bond acceptors (Lipinski definition) is 4. The van der Waals surface area contributed by atoms with Crippen LogP contribution in [0.4, 0.5) is 0 Å². The van der Waals surface area contributed by atoms with Crippen LogP contribution < -0.4 is 0 Å². The van der Waals surface area contributed by atoms with E-state index in [9.17, 15) is 9.59 Å². The van der Waals surface area contributed by atoms with E-state index in [1.54, 1.807) is 16.7 Å². The summed E-state index contributed by atoms with van der Waals surface area (Å²) in [7, 11) is 0. The molecule has 5 rings (SSSR count). The van der Waals surface area contributed by atoms with Gasteiger partial charge >= 0.3 is 5.97 Å². The standard InChI is InChI=1S/C24H21NO3S/c26-22-13-14-24(19-10-2-1-3-11-19)25(22)21(16-29-24)23(27)28-15-18-9-6-8-17-7-4-5-12-20(17)18/h1-12,21H,13-16H2/t21-,24+/m1/s1. The van der Waals surface area contributed by atoms with Crippen molar-refractivity contribution in [3.63, 3.8) is 0 Å². The van der Waals surface area contributed by atoms with E-state index >= 15 is 0 Å². The normalized spacial score (nSPS) is 23.4. The highest BCUT2D eigenvalue weighted by Crippen LogP contribution is 2.54. The molecule has 1 amide bonds. The lowest BCUT2D eigenvalue weighted by Crippen LogP contribution is -2.46. The Labute approximate surface area is 173 Å². The molecule has 0 aliphatic carbocycles. The maximum absolute atomic E-state index is 13.0. The maximum Gasteiger partial charge on any atom is 0.330 e. The van der Waals surface area contributed by atoms with Gasteiger partial charge in [-0.15, -0.1) is 11.8 Å². The summed E-state index contributed by atoms with van der Waals surface area (Å²) in [5, 5.41) is 2.20. The van der Waals surface area contributed by atoms with E-state index in [0.29, 0.717) is 12.2 Å². The fourth-order valence-electron chi connectivity index (χ4n) is 4.48. The minimum Gasteiger partial charge on any atom is -0.459 e. The number of hydrogen-bond donors (Lipinski definition) is 0. The van der Waals surface area contributed by atoms with E-state index < -0.39 is 10.9 Å². The van der Waals surface area contributed by atoms with Gasteiger partial charge in [0, 0.05) is 12.2 Å². The molecule has 2 atom stereocenters. The van der Waals surface area contributed by atoms with Crippen LogP contribution in [0.2, 0.25) is 0 Å². The van der Waals surface area contributed by atoms with Crippen LogP contribution >= 0.6 is 11.8 Å². The number of carbonyl (C=O) groups excluding carboxylic acids is 2. The number of fused-ring (bicyclic) bond motifs is 2. The Morgan fingerprint density at radius 2 is 1.79 bits per heavy atom. The molecule has 29 heavy (non-hydrogen) atoms. The lowest BCUT2D eigenvalue weighted by Gasteiger charge is -2.33. The predicted octanol–water partition coefficient (Wildman–Crippen LogP) is 4.47. The second kappa shape index (κ2) is 7.23. The molecule has 2 aliphatic rings. The van der Waals surface area contributed by atoms with Gasteiger partial charge in [-0.1, -0.05) is 72.8 Å². The molecule has 3 aromatic carbocycles. The lowest BCUT2D eigenvalue weighted by atomic mass is 10.0. The van der Waals surface area contributed by atoms with Gasteiger partial charge in [-0.05, 0) is 28.3 Å². The van der Waals surface area contributed by atoms with E-state index in [-0.39, 0.29) is 18.5 Å². The van der Waals surface area contributed by atoms with Gasteiger partial charge in [-0.3, -0.25) is 4.79 Å². The van der Waals surface area contributed by atoms with Crippen molar-refractivity contribution in [3.8, 4) is 0 Å². The first kappa shape index (κ1) is 18.3. The van der Waals surface area contributed by atoms with Crippen LogP contribution in [-0.2, 0) is 25.8 Å². The smallest absolute Gasteiger partial charge is 0.330 e. The molecule has 2 aliphatic heterocycles. The summed E-state index contributed by atoms with van der Waals surface area (Å²) in [5.41, 5.74) is 2.06. The number of esters is 1. The summed E-state index contributed by atoms with van der Waals surface area (Å²) in [6.07, 6.45) is 1.20. The molecule has 0 unspecified atom stereocenters. The van der Waals surface area contributed by atoms with E-state index in [1.807, 2.05) is 72.8 Å². The number of carbonyl (C=O) groups is 2. The van der Waals surface area contributed by atoms with Gasteiger partial charge in [0.25, 0.3) is 0 Å². The highest BCUT2D eigenvalue weighted by Gasteiger charge is 2.57. The summed E-state index contributed by atoms with van der Waals surface area (Å²) >= 11 is 1.68. The van der Waals surface area contributed by atoms with E-state index in [1.165, 1.54) is 0 Å². The molecule has 0 radical (unpaired) electrons. The fraction of sp³-hybridized carbons (Fsp3) is 0.250. The Morgan fingerprint density at radius 1 is 1.03 bits per heavy atom. The van der Waals surface area contributed by atoms with Gasteiger partial charge in [0.2, 0.25) is 5.91 Å². The molecule has 2 heterocycles. The van der Waals surface area contributed by atoms with Gasteiger partial charge in [0.15, 0.2) is 0 Å². The molecular weight excluding hydrogens is 382 g/mol. The molecule has 0 N–H and O–H groups in total. The molecule has 4 nitrogen and oxygen atoms in total. The second-order valence-corrected chi connectivity index (χ2v) is 8.78. The zero-order valence-electron chi connectivity index (χ0n) is 15.9. The van der Waals surface area contributed by atoms with Crippen LogP contribution in [0.15, 0.2) is 72.8 Å². The van der Waals surface area contributed by atoms with Crippen molar-refractivity contribution in [3.05, 3.63) is 83.9 Å². The topological polar surface area (TPSA) is 46.6 Å². The largest absolute Gasteiger partial charge is 0.459 e. The third-order valence-electron chi connectivity index (χ3n) is 5.87. The molecule has 2 fully saturated rings. The summed E-state index contributed by atoms with van der Waals surface area (Å²) < 4.78 is 5.71. The first-order valence-electron chi connectivity index (χ1n) is 9.84. The highest BCUT2D eigenvalue weighted by molar-refractivity contribution is 8.00. The molecule has 146 valence electrons. The zero-order chi connectivity index (χ0) is 19.8. The van der Waals surface area contributed by atoms with Crippen molar-refractivity contribution in [2.75, 3.05) is 5.75 Å². The molecule has 5 heteroatoms. The number of nitrogens with zero attached hydrogens (tertiary/aromatic N) is 1. The fourth-order valence-corrected chi connectivity index (χ4v) is 6.12. The van der Waals surface area contributed by atoms with E-state index in [0.717, 1.165) is 28.3 Å². The van der Waals surface area contributed by atoms with Crippen LogP contribution in [0.3, 0.4) is 0 Å². The first-order chi connectivity index (χ1) is 14.2. The van der Waals surface area contributed by atoms with Crippen LogP contribution in [0.5, 0.6) is 0 Å². The monoisotopic (exact) mass is 403 g/mol. The molecule has 0 saturated carbocycles. The molecule has 0 aromatic heterocycles. The minimum atomic E-state index is -0.537. The molecule has 2 saturated heterocycles. The van der Waals surface area contributed by atoms with Crippen LogP contribution in [0.25, 0.3) is 10.8 Å². The predicted molar refractivity (Wildman–Crippen MR) is 114 cm³/mol. The van der Waals surface area contributed by atoms with Crippen molar-refractivity contribution >= 4 is 34.4 Å². The van der Waals surface area contributed by atoms with Crippen molar-refractivity contribution < 1.29 is 14.3 Å². The third kappa shape index (κ3) is 3.01. The number of thioether (sulfide) groups is 1. The summed E-state index contributed by atoms with van der Waals surface area (Å²) in [5.74, 6) is 0.277. The first-order valence-corrected chi connectivity index (χ1v) is 10.8. The van der Waals surface area contributed by atoms with Crippen molar-refractivity contribution in [1.29, 1.82) is 0 Å². The average Bonchev–Trinajstić information content (AvgIpc) is 3.32. The van der Waals surface area contributed by atoms with Gasteiger partial charge in [0.1, 0.15) is 17.5 Å². The molecular formula is C24H21NO3S. The second-order valence-electron chi connectivity index (χ2n) is 7.49. The van der Waals surface area contributed by atoms with Gasteiger partial charge < -0.3 is 9.64 Å². The minimum absolute atomic E-state index is 0.0333. The quantitative estimate of drug-likeness (QED) is 0.603. The molecule has 0 bridgehead atoms. The maximum atomic E-state index is 13.0. The Bertz CT molecular complexity index is 1080. The number of ether oxygens (including phenoxy) is 1. The van der Waals surface area contributed by atoms with Crippen LogP contribution in [0.1, 0.15) is 24.0 Å². The van der Waals surface area contributed by atoms with Crippen LogP contribution in [-0.4, -0.2) is 28.6 Å².